The number of ether oxygens (including phenoxy) is 3. The molecular weight excluding hydrogens is 625 g/mol. The summed E-state index contributed by atoms with van der Waals surface area (Å²) < 4.78 is 17.4. The maximum atomic E-state index is 13.7. The lowest BCUT2D eigenvalue weighted by Gasteiger charge is -2.44. The molecule has 3 aliphatic rings. The first-order valence-corrected chi connectivity index (χ1v) is 13.8. The number of carbonyl (C=O) groups is 2. The Morgan fingerprint density at radius 2 is 1.87 bits per heavy atom. The minimum Gasteiger partial charge on any atom is -0.507 e. The van der Waals surface area contributed by atoms with Gasteiger partial charge in [0.1, 0.15) is 23.4 Å². The second-order valence-electron chi connectivity index (χ2n) is 10.3. The number of carbonyl (C=O) groups excluding carboxylic acids is 2. The van der Waals surface area contributed by atoms with Crippen molar-refractivity contribution in [3.05, 3.63) is 51.6 Å². The van der Waals surface area contributed by atoms with E-state index < -0.39 is 71.3 Å². The van der Waals surface area contributed by atoms with Crippen LogP contribution in [0.5, 0.6) is 17.2 Å². The van der Waals surface area contributed by atoms with Crippen molar-refractivity contribution in [2.45, 2.75) is 66.4 Å². The lowest BCUT2D eigenvalue weighted by atomic mass is 9.71. The summed E-state index contributed by atoms with van der Waals surface area (Å²) in [6.07, 6.45) is -4.45. The third-order valence-electron chi connectivity index (χ3n) is 7.90. The molecule has 7 N–H and O–H groups in total. The second-order valence-corrected chi connectivity index (χ2v) is 11.7. The van der Waals surface area contributed by atoms with E-state index in [4.69, 9.17) is 19.9 Å². The zero-order valence-electron chi connectivity index (χ0n) is 21.3. The van der Waals surface area contributed by atoms with Crippen molar-refractivity contribution >= 4 is 34.2 Å². The zero-order valence-corrected chi connectivity index (χ0v) is 23.4. The van der Waals surface area contributed by atoms with E-state index in [0.29, 0.717) is 0 Å². The maximum Gasteiger partial charge on any atom is 0.202 e. The smallest absolute Gasteiger partial charge is 0.202 e. The fraction of sp³-hybridized carbons (Fsp3) is 0.481. The number of aliphatic hydroxyl groups excluding tert-OH is 2. The first kappa shape index (κ1) is 28.2. The fourth-order valence-electron chi connectivity index (χ4n) is 5.83. The summed E-state index contributed by atoms with van der Waals surface area (Å²) in [4.78, 5) is 27.2. The SMILES string of the molecule is COc1cccc2c1C(=O)c1c(O)c3c(c(O)c1C2=O)C[C@@](O)([C@@H](O)CO)C[C@@H]3O[C@H]1C[C@H](N)[C@H](I)[C@H](C)O1. The minimum absolute atomic E-state index is 0.0114. The molecule has 1 fully saturated rings. The van der Waals surface area contributed by atoms with Crippen molar-refractivity contribution in [2.75, 3.05) is 13.7 Å². The van der Waals surface area contributed by atoms with E-state index in [9.17, 15) is 35.1 Å². The molecule has 0 spiro atoms. The number of hydrogen-bond donors (Lipinski definition) is 6. The van der Waals surface area contributed by atoms with Gasteiger partial charge in [0.15, 0.2) is 12.1 Å². The molecule has 7 atom stereocenters. The molecule has 0 aromatic heterocycles. The largest absolute Gasteiger partial charge is 0.507 e. The van der Waals surface area contributed by atoms with Crippen molar-refractivity contribution in [1.29, 1.82) is 0 Å². The number of aliphatic hydroxyl groups is 3. The van der Waals surface area contributed by atoms with Crippen LogP contribution in [0.15, 0.2) is 18.2 Å². The van der Waals surface area contributed by atoms with Gasteiger partial charge in [-0.1, -0.05) is 34.7 Å². The van der Waals surface area contributed by atoms with Gasteiger partial charge in [0.05, 0.1) is 52.1 Å². The summed E-state index contributed by atoms with van der Waals surface area (Å²) in [6.45, 7) is 1.04. The van der Waals surface area contributed by atoms with E-state index in [1.165, 1.54) is 25.3 Å². The van der Waals surface area contributed by atoms with Crippen LogP contribution in [0.3, 0.4) is 0 Å². The highest BCUT2D eigenvalue weighted by atomic mass is 127. The highest BCUT2D eigenvalue weighted by molar-refractivity contribution is 14.1. The Hall–Kier alpha value is -2.33. The molecule has 2 aromatic carbocycles. The minimum atomic E-state index is -2.00. The molecule has 210 valence electrons. The number of fused-ring (bicyclic) bond motifs is 3. The first-order chi connectivity index (χ1) is 18.4. The number of nitrogens with two attached hydrogens (primary N) is 1. The third kappa shape index (κ3) is 4.42. The summed E-state index contributed by atoms with van der Waals surface area (Å²) in [5, 5.41) is 54.4. The molecule has 12 heteroatoms. The standard InChI is InChI=1S/C27H30INO10/c1-10-22(28)13(29)6-17(38-10)39-15-8-27(36,16(31)9-30)7-12-19(15)26(35)21-20(24(12)33)23(32)11-4-3-5-14(37-2)18(11)25(21)34/h3-5,10,13,15-17,22,30-31,33,35-36H,6-9,29H2,1-2H3/t10-,13-,15-,16-,17-,22+,27-/m0/s1. The normalized spacial score (nSPS) is 30.8. The highest BCUT2D eigenvalue weighted by Gasteiger charge is 2.50. The monoisotopic (exact) mass is 655 g/mol. The number of ketones is 2. The van der Waals surface area contributed by atoms with Gasteiger partial charge >= 0.3 is 0 Å². The van der Waals surface area contributed by atoms with Crippen LogP contribution in [0.4, 0.5) is 0 Å². The number of halogens is 1. The molecule has 0 saturated carbocycles. The Kier molecular flexibility index (Phi) is 7.41. The Labute approximate surface area is 237 Å². The van der Waals surface area contributed by atoms with Crippen molar-refractivity contribution < 1.29 is 49.3 Å². The maximum absolute atomic E-state index is 13.7. The Morgan fingerprint density at radius 1 is 1.18 bits per heavy atom. The van der Waals surface area contributed by atoms with E-state index in [1.807, 2.05) is 6.92 Å². The number of methoxy groups -OCH3 is 1. The number of alkyl halides is 1. The van der Waals surface area contributed by atoms with Crippen molar-refractivity contribution in [2.24, 2.45) is 5.73 Å². The van der Waals surface area contributed by atoms with E-state index in [1.54, 1.807) is 0 Å². The van der Waals surface area contributed by atoms with Gasteiger partial charge in [0.2, 0.25) is 5.78 Å². The topological polar surface area (TPSA) is 189 Å². The molecule has 2 aromatic rings. The predicted octanol–water partition coefficient (Wildman–Crippen LogP) is 1.24. The van der Waals surface area contributed by atoms with Gasteiger partial charge in [-0.05, 0) is 13.0 Å². The van der Waals surface area contributed by atoms with E-state index in [0.717, 1.165) is 0 Å². The average molecular weight is 655 g/mol. The lowest BCUT2D eigenvalue weighted by molar-refractivity contribution is -0.229. The molecule has 0 bridgehead atoms. The van der Waals surface area contributed by atoms with Gasteiger partial charge < -0.3 is 45.5 Å². The molecule has 11 nitrogen and oxygen atoms in total. The molecule has 39 heavy (non-hydrogen) atoms. The summed E-state index contributed by atoms with van der Waals surface area (Å²) in [7, 11) is 1.35. The van der Waals surface area contributed by atoms with Crippen molar-refractivity contribution in [3.8, 4) is 17.2 Å². The van der Waals surface area contributed by atoms with Crippen LogP contribution in [-0.4, -0.2) is 84.9 Å². The first-order valence-electron chi connectivity index (χ1n) is 12.5. The number of phenols is 2. The van der Waals surface area contributed by atoms with Crippen molar-refractivity contribution in [3.63, 3.8) is 0 Å². The summed E-state index contributed by atoms with van der Waals surface area (Å²) in [6, 6.07) is 4.18. The molecule has 0 unspecified atom stereocenters. The summed E-state index contributed by atoms with van der Waals surface area (Å²) in [5.74, 6) is -2.51. The van der Waals surface area contributed by atoms with E-state index in [-0.39, 0.29) is 56.9 Å². The molecule has 0 radical (unpaired) electrons. The van der Waals surface area contributed by atoms with Crippen molar-refractivity contribution in [1.82, 2.24) is 0 Å². The van der Waals surface area contributed by atoms with Gasteiger partial charge in [0, 0.05) is 42.0 Å². The van der Waals surface area contributed by atoms with Crippen LogP contribution >= 0.6 is 22.6 Å². The molecule has 1 heterocycles. The van der Waals surface area contributed by atoms with E-state index in [2.05, 4.69) is 22.6 Å². The van der Waals surface area contributed by atoms with Gasteiger partial charge in [-0.25, -0.2) is 0 Å². The van der Waals surface area contributed by atoms with Crippen LogP contribution < -0.4 is 10.5 Å². The zero-order chi connectivity index (χ0) is 28.4. The predicted molar refractivity (Wildman–Crippen MR) is 145 cm³/mol. The molecule has 1 aliphatic heterocycles. The number of rotatable bonds is 5. The van der Waals surface area contributed by atoms with Crippen LogP contribution in [0.25, 0.3) is 0 Å². The third-order valence-corrected chi connectivity index (χ3v) is 9.84. The molecule has 0 amide bonds. The van der Waals surface area contributed by atoms with Gasteiger partial charge in [-0.15, -0.1) is 0 Å². The number of aromatic hydroxyl groups is 2. The van der Waals surface area contributed by atoms with Crippen LogP contribution in [0, 0.1) is 0 Å². The number of benzene rings is 2. The quantitative estimate of drug-likeness (QED) is 0.132. The summed E-state index contributed by atoms with van der Waals surface area (Å²) in [5.41, 5.74) is 3.29. The fourth-order valence-corrected chi connectivity index (χ4v) is 6.29. The lowest BCUT2D eigenvalue weighted by Crippen LogP contribution is -2.52. The number of phenolic OH excluding ortho intramolecular Hbond substituents is 2. The molecule has 5 rings (SSSR count). The van der Waals surface area contributed by atoms with Crippen LogP contribution in [-0.2, 0) is 15.9 Å². The average Bonchev–Trinajstić information content (AvgIpc) is 2.90. The Bertz CT molecular complexity index is 1340. The highest BCUT2D eigenvalue weighted by Crippen LogP contribution is 2.53. The Balaban J connectivity index is 1.68. The Morgan fingerprint density at radius 3 is 2.51 bits per heavy atom. The van der Waals surface area contributed by atoms with Crippen LogP contribution in [0.2, 0.25) is 0 Å². The van der Waals surface area contributed by atoms with Gasteiger partial charge in [0.25, 0.3) is 0 Å². The summed E-state index contributed by atoms with van der Waals surface area (Å²) >= 11 is 2.19. The number of hydrogen-bond acceptors (Lipinski definition) is 11. The second kappa shape index (κ2) is 10.3. The molecule has 2 aliphatic carbocycles. The molecular formula is C27H30INO10. The van der Waals surface area contributed by atoms with E-state index >= 15 is 0 Å². The molecule has 1 saturated heterocycles. The van der Waals surface area contributed by atoms with Crippen LogP contribution in [0.1, 0.15) is 68.8 Å². The van der Waals surface area contributed by atoms with Gasteiger partial charge in [-0.2, -0.15) is 0 Å². The van der Waals surface area contributed by atoms with Gasteiger partial charge in [-0.3, -0.25) is 9.59 Å².